The molecule has 0 aliphatic heterocycles. The van der Waals surface area contributed by atoms with E-state index in [1.165, 1.54) is 5.56 Å². The Morgan fingerprint density at radius 2 is 1.73 bits per heavy atom. The quantitative estimate of drug-likeness (QED) is 0.277. The molecular weight excluding hydrogens is 428 g/mol. The van der Waals surface area contributed by atoms with E-state index in [1.807, 2.05) is 42.5 Å². The maximum Gasteiger partial charge on any atom is 0.220 e. The molecule has 0 saturated carbocycles. The minimum absolute atomic E-state index is 0.0333. The number of aromatic nitrogens is 1. The van der Waals surface area contributed by atoms with Gasteiger partial charge in [-0.05, 0) is 42.2 Å². The zero-order valence-electron chi connectivity index (χ0n) is 18.8. The number of rotatable bonds is 10. The van der Waals surface area contributed by atoms with E-state index >= 15 is 0 Å². The average molecular weight is 457 g/mol. The molecule has 5 heteroatoms. The monoisotopic (exact) mass is 456 g/mol. The van der Waals surface area contributed by atoms with E-state index in [4.69, 9.17) is 9.72 Å². The SMILES string of the molecule is CCc1ccc(OCCCC(=O)NCc2cccc(-c3nc(-c4ccccc4)cs3)c2)cc1. The lowest BCUT2D eigenvalue weighted by molar-refractivity contribution is -0.121. The van der Waals surface area contributed by atoms with Gasteiger partial charge in [-0.1, -0.05) is 67.6 Å². The molecule has 1 aromatic heterocycles. The van der Waals surface area contributed by atoms with Gasteiger partial charge >= 0.3 is 0 Å². The lowest BCUT2D eigenvalue weighted by Crippen LogP contribution is -2.23. The summed E-state index contributed by atoms with van der Waals surface area (Å²) in [5.41, 5.74) is 5.52. The number of nitrogens with zero attached hydrogens (tertiary/aromatic N) is 1. The molecule has 1 amide bonds. The minimum Gasteiger partial charge on any atom is -0.494 e. The topological polar surface area (TPSA) is 51.2 Å². The fraction of sp³-hybridized carbons (Fsp3) is 0.214. The smallest absolute Gasteiger partial charge is 0.220 e. The van der Waals surface area contributed by atoms with Crippen molar-refractivity contribution < 1.29 is 9.53 Å². The second-order valence-corrected chi connectivity index (χ2v) is 8.69. The van der Waals surface area contributed by atoms with Crippen LogP contribution in [0.1, 0.15) is 30.9 Å². The molecule has 0 bridgehead atoms. The summed E-state index contributed by atoms with van der Waals surface area (Å²) in [6.45, 7) is 3.16. The van der Waals surface area contributed by atoms with Gasteiger partial charge in [-0.3, -0.25) is 4.79 Å². The van der Waals surface area contributed by atoms with E-state index in [-0.39, 0.29) is 5.91 Å². The van der Waals surface area contributed by atoms with Gasteiger partial charge < -0.3 is 10.1 Å². The number of nitrogens with one attached hydrogen (secondary N) is 1. The maximum absolute atomic E-state index is 12.2. The molecule has 1 N–H and O–H groups in total. The van der Waals surface area contributed by atoms with Crippen LogP contribution in [-0.2, 0) is 17.8 Å². The highest BCUT2D eigenvalue weighted by molar-refractivity contribution is 7.13. The third kappa shape index (κ3) is 6.53. The summed E-state index contributed by atoms with van der Waals surface area (Å²) in [6, 6.07) is 26.5. The summed E-state index contributed by atoms with van der Waals surface area (Å²) in [5, 5.41) is 6.07. The van der Waals surface area contributed by atoms with Gasteiger partial charge in [0.25, 0.3) is 0 Å². The number of carbonyl (C=O) groups excluding carboxylic acids is 1. The third-order valence-corrected chi connectivity index (χ3v) is 6.28. The van der Waals surface area contributed by atoms with Gasteiger partial charge in [0, 0.05) is 29.5 Å². The van der Waals surface area contributed by atoms with Crippen molar-refractivity contribution in [1.82, 2.24) is 10.3 Å². The van der Waals surface area contributed by atoms with Gasteiger partial charge in [0.1, 0.15) is 10.8 Å². The van der Waals surface area contributed by atoms with Crippen LogP contribution in [0.5, 0.6) is 5.75 Å². The highest BCUT2D eigenvalue weighted by Crippen LogP contribution is 2.29. The highest BCUT2D eigenvalue weighted by atomic mass is 32.1. The van der Waals surface area contributed by atoms with Crippen LogP contribution in [0.4, 0.5) is 0 Å². The third-order valence-electron chi connectivity index (χ3n) is 5.39. The Bertz CT molecular complexity index is 1170. The summed E-state index contributed by atoms with van der Waals surface area (Å²) in [4.78, 5) is 17.0. The zero-order chi connectivity index (χ0) is 22.9. The van der Waals surface area contributed by atoms with Crippen LogP contribution >= 0.6 is 11.3 Å². The molecule has 0 saturated heterocycles. The second-order valence-electron chi connectivity index (χ2n) is 7.83. The average Bonchev–Trinajstić information content (AvgIpc) is 3.37. The fourth-order valence-corrected chi connectivity index (χ4v) is 4.32. The number of hydrogen-bond acceptors (Lipinski definition) is 4. The molecule has 4 rings (SSSR count). The summed E-state index contributed by atoms with van der Waals surface area (Å²) in [6.07, 6.45) is 2.14. The van der Waals surface area contributed by atoms with E-state index < -0.39 is 0 Å². The van der Waals surface area contributed by atoms with Gasteiger partial charge in [0.05, 0.1) is 12.3 Å². The van der Waals surface area contributed by atoms with Crippen molar-refractivity contribution in [2.45, 2.75) is 32.7 Å². The summed E-state index contributed by atoms with van der Waals surface area (Å²) >= 11 is 1.63. The first-order valence-corrected chi connectivity index (χ1v) is 12.2. The van der Waals surface area contributed by atoms with Gasteiger partial charge in [0.15, 0.2) is 0 Å². The minimum atomic E-state index is 0.0333. The molecule has 0 spiro atoms. The van der Waals surface area contributed by atoms with Crippen LogP contribution in [0, 0.1) is 0 Å². The van der Waals surface area contributed by atoms with Crippen LogP contribution < -0.4 is 10.1 Å². The Hall–Kier alpha value is -3.44. The van der Waals surface area contributed by atoms with Crippen LogP contribution in [0.15, 0.2) is 84.2 Å². The van der Waals surface area contributed by atoms with Crippen molar-refractivity contribution in [1.29, 1.82) is 0 Å². The molecule has 1 heterocycles. The molecule has 0 fully saturated rings. The van der Waals surface area contributed by atoms with Crippen molar-refractivity contribution in [3.05, 3.63) is 95.4 Å². The summed E-state index contributed by atoms with van der Waals surface area (Å²) < 4.78 is 5.73. The van der Waals surface area contributed by atoms with Crippen molar-refractivity contribution in [2.75, 3.05) is 6.61 Å². The largest absolute Gasteiger partial charge is 0.494 e. The summed E-state index contributed by atoms with van der Waals surface area (Å²) in [5.74, 6) is 0.882. The Balaban J connectivity index is 1.24. The molecule has 0 radical (unpaired) electrons. The number of thiazole rings is 1. The Kier molecular flexibility index (Phi) is 7.88. The highest BCUT2D eigenvalue weighted by Gasteiger charge is 2.08. The molecular formula is C28H28N2O2S. The van der Waals surface area contributed by atoms with E-state index in [1.54, 1.807) is 11.3 Å². The molecule has 4 nitrogen and oxygen atoms in total. The van der Waals surface area contributed by atoms with Gasteiger partial charge in [-0.2, -0.15) is 0 Å². The standard InChI is InChI=1S/C28H28N2O2S/c1-2-21-13-15-25(16-14-21)32-17-7-12-27(31)29-19-22-8-6-11-24(18-22)28-30-26(20-33-28)23-9-4-3-5-10-23/h3-6,8-11,13-16,18,20H,2,7,12,17,19H2,1H3,(H,29,31). The Morgan fingerprint density at radius 1 is 0.939 bits per heavy atom. The van der Waals surface area contributed by atoms with E-state index in [0.29, 0.717) is 26.0 Å². The predicted molar refractivity (Wildman–Crippen MR) is 135 cm³/mol. The molecule has 4 aromatic rings. The van der Waals surface area contributed by atoms with E-state index in [9.17, 15) is 4.79 Å². The van der Waals surface area contributed by atoms with Gasteiger partial charge in [0.2, 0.25) is 5.91 Å². The first-order valence-electron chi connectivity index (χ1n) is 11.3. The van der Waals surface area contributed by atoms with Crippen molar-refractivity contribution in [2.24, 2.45) is 0 Å². The van der Waals surface area contributed by atoms with Crippen molar-refractivity contribution in [3.8, 4) is 27.6 Å². The van der Waals surface area contributed by atoms with Crippen molar-refractivity contribution >= 4 is 17.2 Å². The fourth-order valence-electron chi connectivity index (χ4n) is 3.50. The van der Waals surface area contributed by atoms with Crippen LogP contribution in [0.3, 0.4) is 0 Å². The normalized spacial score (nSPS) is 10.7. The van der Waals surface area contributed by atoms with Crippen LogP contribution in [0.2, 0.25) is 0 Å². The zero-order valence-corrected chi connectivity index (χ0v) is 19.6. The summed E-state index contributed by atoms with van der Waals surface area (Å²) in [7, 11) is 0. The maximum atomic E-state index is 12.2. The lowest BCUT2D eigenvalue weighted by Gasteiger charge is -2.08. The van der Waals surface area contributed by atoms with Crippen molar-refractivity contribution in [3.63, 3.8) is 0 Å². The number of aryl methyl sites for hydroxylation is 1. The molecule has 0 unspecified atom stereocenters. The molecule has 168 valence electrons. The number of amides is 1. The van der Waals surface area contributed by atoms with Crippen LogP contribution in [-0.4, -0.2) is 17.5 Å². The van der Waals surface area contributed by atoms with Gasteiger partial charge in [-0.15, -0.1) is 11.3 Å². The Morgan fingerprint density at radius 3 is 2.52 bits per heavy atom. The number of carbonyl (C=O) groups is 1. The molecule has 0 aliphatic carbocycles. The van der Waals surface area contributed by atoms with Crippen LogP contribution in [0.25, 0.3) is 21.8 Å². The van der Waals surface area contributed by atoms with E-state index in [0.717, 1.165) is 39.6 Å². The number of ether oxygens (including phenoxy) is 1. The lowest BCUT2D eigenvalue weighted by atomic mass is 10.1. The molecule has 0 atom stereocenters. The Labute approximate surface area is 199 Å². The molecule has 3 aromatic carbocycles. The number of hydrogen-bond donors (Lipinski definition) is 1. The molecule has 33 heavy (non-hydrogen) atoms. The first-order chi connectivity index (χ1) is 16.2. The van der Waals surface area contributed by atoms with E-state index in [2.05, 4.69) is 54.0 Å². The van der Waals surface area contributed by atoms with Gasteiger partial charge in [-0.25, -0.2) is 4.98 Å². The predicted octanol–water partition coefficient (Wildman–Crippen LogP) is 6.51. The second kappa shape index (κ2) is 11.4. The molecule has 0 aliphatic rings. The first kappa shape index (κ1) is 22.7. The number of benzene rings is 3.